The van der Waals surface area contributed by atoms with E-state index < -0.39 is 0 Å². The van der Waals surface area contributed by atoms with E-state index in [2.05, 4.69) is 42.7 Å². The molecule has 2 atom stereocenters. The van der Waals surface area contributed by atoms with Gasteiger partial charge in [0.25, 0.3) is 0 Å². The van der Waals surface area contributed by atoms with Crippen molar-refractivity contribution in [1.82, 2.24) is 15.6 Å². The van der Waals surface area contributed by atoms with Crippen molar-refractivity contribution in [3.8, 4) is 0 Å². The predicted molar refractivity (Wildman–Crippen MR) is 92.4 cm³/mol. The Balaban J connectivity index is 1.57. The van der Waals surface area contributed by atoms with Crippen LogP contribution in [0.5, 0.6) is 0 Å². The normalized spacial score (nSPS) is 20.6. The number of fused-ring (bicyclic) bond motifs is 1. The number of nitrogens with one attached hydrogen (secondary N) is 2. The first-order chi connectivity index (χ1) is 10.5. The van der Waals surface area contributed by atoms with Gasteiger partial charge in [-0.3, -0.25) is 0 Å². The number of nitrogens with zero attached hydrogens (tertiary/aromatic N) is 1. The minimum atomic E-state index is -0.322. The highest BCUT2D eigenvalue weighted by molar-refractivity contribution is 7.18. The molecule has 1 saturated heterocycles. The molecule has 1 fully saturated rings. The van der Waals surface area contributed by atoms with Crippen LogP contribution in [0, 0.1) is 0 Å². The molecule has 0 spiro atoms. The molecule has 0 saturated carbocycles. The predicted octanol–water partition coefficient (Wildman–Crippen LogP) is 2.32. The molecule has 22 heavy (non-hydrogen) atoms. The summed E-state index contributed by atoms with van der Waals surface area (Å²) in [6.07, 6.45) is 2.78. The molecule has 0 bridgehead atoms. The van der Waals surface area contributed by atoms with Gasteiger partial charge in [-0.05, 0) is 45.4 Å². The second-order valence-electron chi connectivity index (χ2n) is 6.79. The van der Waals surface area contributed by atoms with Crippen molar-refractivity contribution in [2.24, 2.45) is 0 Å². The maximum absolute atomic E-state index is 10.3. The second kappa shape index (κ2) is 6.62. The van der Waals surface area contributed by atoms with Crippen LogP contribution < -0.4 is 10.6 Å². The molecule has 120 valence electrons. The third-order valence-electron chi connectivity index (χ3n) is 4.28. The molecular formula is C17H25N3OS. The van der Waals surface area contributed by atoms with Gasteiger partial charge in [0.05, 0.1) is 21.3 Å². The van der Waals surface area contributed by atoms with E-state index in [4.69, 9.17) is 4.98 Å². The Hall–Kier alpha value is -1.01. The Morgan fingerprint density at radius 2 is 2.27 bits per heavy atom. The summed E-state index contributed by atoms with van der Waals surface area (Å²) in [6.45, 7) is 5.99. The summed E-state index contributed by atoms with van der Waals surface area (Å²) in [4.78, 5) is 4.71. The summed E-state index contributed by atoms with van der Waals surface area (Å²) < 4.78 is 1.24. The highest BCUT2D eigenvalue weighted by Gasteiger charge is 2.26. The first-order valence-electron chi connectivity index (χ1n) is 8.04. The summed E-state index contributed by atoms with van der Waals surface area (Å²) in [5, 5.41) is 18.3. The fraction of sp³-hybridized carbons (Fsp3) is 0.588. The SMILES string of the molecule is CC(C)(Cc1nc2ccccc2s1)NCC(O)C1CCCN1. The molecule has 3 rings (SSSR count). The van der Waals surface area contributed by atoms with Crippen molar-refractivity contribution in [3.05, 3.63) is 29.3 Å². The van der Waals surface area contributed by atoms with Gasteiger partial charge in [-0.25, -0.2) is 4.98 Å². The molecule has 0 amide bonds. The Kier molecular flexibility index (Phi) is 4.78. The van der Waals surface area contributed by atoms with Crippen LogP contribution in [0.1, 0.15) is 31.7 Å². The summed E-state index contributed by atoms with van der Waals surface area (Å²) in [6, 6.07) is 8.50. The van der Waals surface area contributed by atoms with Gasteiger partial charge in [-0.2, -0.15) is 0 Å². The van der Waals surface area contributed by atoms with Crippen LogP contribution in [0.25, 0.3) is 10.2 Å². The Labute approximate surface area is 136 Å². The second-order valence-corrected chi connectivity index (χ2v) is 7.90. The van der Waals surface area contributed by atoms with Crippen molar-refractivity contribution in [2.45, 2.75) is 50.8 Å². The van der Waals surface area contributed by atoms with Crippen molar-refractivity contribution in [3.63, 3.8) is 0 Å². The highest BCUT2D eigenvalue weighted by Crippen LogP contribution is 2.24. The number of para-hydroxylation sites is 1. The zero-order valence-corrected chi connectivity index (χ0v) is 14.1. The molecule has 1 aliphatic rings. The van der Waals surface area contributed by atoms with E-state index in [0.717, 1.165) is 36.3 Å². The van der Waals surface area contributed by atoms with Gasteiger partial charge in [-0.1, -0.05) is 12.1 Å². The van der Waals surface area contributed by atoms with E-state index in [0.29, 0.717) is 6.54 Å². The number of aliphatic hydroxyl groups is 1. The van der Waals surface area contributed by atoms with Crippen molar-refractivity contribution in [2.75, 3.05) is 13.1 Å². The molecule has 1 aliphatic heterocycles. The molecular weight excluding hydrogens is 294 g/mol. The number of thiazole rings is 1. The topological polar surface area (TPSA) is 57.2 Å². The largest absolute Gasteiger partial charge is 0.390 e. The van der Waals surface area contributed by atoms with E-state index in [-0.39, 0.29) is 17.7 Å². The van der Waals surface area contributed by atoms with Crippen LogP contribution in [0.2, 0.25) is 0 Å². The minimum absolute atomic E-state index is 0.0759. The van der Waals surface area contributed by atoms with Crippen LogP contribution in [0.3, 0.4) is 0 Å². The number of benzene rings is 1. The zero-order valence-electron chi connectivity index (χ0n) is 13.3. The monoisotopic (exact) mass is 319 g/mol. The summed E-state index contributed by atoms with van der Waals surface area (Å²) in [7, 11) is 0. The lowest BCUT2D eigenvalue weighted by Gasteiger charge is -2.28. The summed E-state index contributed by atoms with van der Waals surface area (Å²) in [5.41, 5.74) is 1.00. The number of hydrogen-bond donors (Lipinski definition) is 3. The molecule has 0 aliphatic carbocycles. The molecule has 1 aromatic heterocycles. The first-order valence-corrected chi connectivity index (χ1v) is 8.86. The van der Waals surface area contributed by atoms with Gasteiger partial charge in [0.1, 0.15) is 0 Å². The average Bonchev–Trinajstić information content (AvgIpc) is 3.12. The summed E-state index contributed by atoms with van der Waals surface area (Å²) >= 11 is 1.76. The lowest BCUT2D eigenvalue weighted by molar-refractivity contribution is 0.123. The molecule has 3 N–H and O–H groups in total. The lowest BCUT2D eigenvalue weighted by Crippen LogP contribution is -2.49. The third-order valence-corrected chi connectivity index (χ3v) is 5.32. The van der Waals surface area contributed by atoms with E-state index in [1.165, 1.54) is 4.70 Å². The zero-order chi connectivity index (χ0) is 15.6. The van der Waals surface area contributed by atoms with Crippen LogP contribution in [-0.2, 0) is 6.42 Å². The molecule has 2 heterocycles. The maximum atomic E-state index is 10.3. The maximum Gasteiger partial charge on any atom is 0.0956 e. The van der Waals surface area contributed by atoms with Gasteiger partial charge in [0, 0.05) is 24.5 Å². The molecule has 2 aromatic rings. The number of rotatable bonds is 6. The molecule has 4 nitrogen and oxygen atoms in total. The smallest absolute Gasteiger partial charge is 0.0956 e. The summed E-state index contributed by atoms with van der Waals surface area (Å²) in [5.74, 6) is 0. The number of hydrogen-bond acceptors (Lipinski definition) is 5. The Morgan fingerprint density at radius 3 is 3.00 bits per heavy atom. The van der Waals surface area contributed by atoms with E-state index in [1.54, 1.807) is 11.3 Å². The third kappa shape index (κ3) is 3.84. The molecule has 5 heteroatoms. The number of aromatic nitrogens is 1. The van der Waals surface area contributed by atoms with Gasteiger partial charge in [0.2, 0.25) is 0 Å². The minimum Gasteiger partial charge on any atom is -0.390 e. The molecule has 1 aromatic carbocycles. The van der Waals surface area contributed by atoms with E-state index in [9.17, 15) is 5.11 Å². The quantitative estimate of drug-likeness (QED) is 0.765. The average molecular weight is 319 g/mol. The highest BCUT2D eigenvalue weighted by atomic mass is 32.1. The van der Waals surface area contributed by atoms with Crippen LogP contribution in [-0.4, -0.2) is 40.9 Å². The molecule has 2 unspecified atom stereocenters. The van der Waals surface area contributed by atoms with Crippen molar-refractivity contribution < 1.29 is 5.11 Å². The van der Waals surface area contributed by atoms with Crippen LogP contribution >= 0.6 is 11.3 Å². The number of aliphatic hydroxyl groups excluding tert-OH is 1. The first kappa shape index (κ1) is 15.9. The van der Waals surface area contributed by atoms with Gasteiger partial charge in [0.15, 0.2) is 0 Å². The molecule has 0 radical (unpaired) electrons. The fourth-order valence-corrected chi connectivity index (χ4v) is 4.19. The van der Waals surface area contributed by atoms with E-state index >= 15 is 0 Å². The lowest BCUT2D eigenvalue weighted by atomic mass is 10.00. The Bertz CT molecular complexity index is 586. The van der Waals surface area contributed by atoms with E-state index in [1.807, 2.05) is 6.07 Å². The Morgan fingerprint density at radius 1 is 1.45 bits per heavy atom. The fourth-order valence-electron chi connectivity index (χ4n) is 3.00. The van der Waals surface area contributed by atoms with Crippen LogP contribution in [0.4, 0.5) is 0 Å². The van der Waals surface area contributed by atoms with Crippen molar-refractivity contribution >= 4 is 21.6 Å². The van der Waals surface area contributed by atoms with Gasteiger partial charge in [-0.15, -0.1) is 11.3 Å². The van der Waals surface area contributed by atoms with Gasteiger partial charge < -0.3 is 15.7 Å². The van der Waals surface area contributed by atoms with Gasteiger partial charge >= 0.3 is 0 Å². The standard InChI is InChI=1S/C17H25N3OS/c1-17(2,19-11-14(21)12-7-5-9-18-12)10-16-20-13-6-3-4-8-15(13)22-16/h3-4,6,8,12,14,18-19,21H,5,7,9-11H2,1-2H3. The number of β-amino-alcohol motifs (C(OH)–C–C–N with tert-alkyl or cyclic N) is 1. The van der Waals surface area contributed by atoms with Crippen molar-refractivity contribution in [1.29, 1.82) is 0 Å². The van der Waals surface area contributed by atoms with Crippen LogP contribution in [0.15, 0.2) is 24.3 Å².